The van der Waals surface area contributed by atoms with Crippen LogP contribution in [0.1, 0.15) is 63.1 Å². The molecule has 6 heteroatoms. The van der Waals surface area contributed by atoms with Gasteiger partial charge in [0.1, 0.15) is 5.82 Å². The fraction of sp³-hybridized carbons (Fsp3) is 0.800. The molecule has 0 bridgehead atoms. The lowest BCUT2D eigenvalue weighted by Crippen LogP contribution is -2.40. The first-order valence-electron chi connectivity index (χ1n) is 8.17. The fourth-order valence-corrected chi connectivity index (χ4v) is 3.44. The van der Waals surface area contributed by atoms with E-state index in [-0.39, 0.29) is 23.9 Å². The quantitative estimate of drug-likeness (QED) is 0.879. The Morgan fingerprint density at radius 3 is 3.00 bits per heavy atom. The first kappa shape index (κ1) is 14.5. The molecule has 3 rings (SSSR count). The molecule has 2 heterocycles. The van der Waals surface area contributed by atoms with Gasteiger partial charge in [0.2, 0.25) is 5.91 Å². The molecule has 0 aromatic carbocycles. The van der Waals surface area contributed by atoms with E-state index in [1.807, 2.05) is 4.68 Å². The van der Waals surface area contributed by atoms with Gasteiger partial charge in [-0.1, -0.05) is 13.3 Å². The maximum atomic E-state index is 12.5. The Morgan fingerprint density at radius 1 is 1.38 bits per heavy atom. The van der Waals surface area contributed by atoms with Crippen LogP contribution in [0.3, 0.4) is 0 Å². The van der Waals surface area contributed by atoms with E-state index in [4.69, 9.17) is 5.73 Å². The summed E-state index contributed by atoms with van der Waals surface area (Å²) in [4.78, 5) is 17.1. The SMILES string of the molecule is CCc1nc2n(n1)CCCC2NC(=O)C1CCCC(N)C1. The summed E-state index contributed by atoms with van der Waals surface area (Å²) in [5, 5.41) is 7.67. The van der Waals surface area contributed by atoms with Crippen LogP contribution < -0.4 is 11.1 Å². The van der Waals surface area contributed by atoms with Gasteiger partial charge in [-0.3, -0.25) is 4.79 Å². The largest absolute Gasteiger partial charge is 0.346 e. The average molecular weight is 291 g/mol. The number of hydrogen-bond acceptors (Lipinski definition) is 4. The second kappa shape index (κ2) is 6.13. The van der Waals surface area contributed by atoms with Gasteiger partial charge in [-0.2, -0.15) is 5.10 Å². The molecule has 116 valence electrons. The molecule has 3 atom stereocenters. The smallest absolute Gasteiger partial charge is 0.223 e. The second-order valence-electron chi connectivity index (χ2n) is 6.29. The van der Waals surface area contributed by atoms with Crippen molar-refractivity contribution in [3.8, 4) is 0 Å². The van der Waals surface area contributed by atoms with Gasteiger partial charge in [-0.15, -0.1) is 0 Å². The molecular formula is C15H25N5O. The molecule has 1 saturated carbocycles. The maximum Gasteiger partial charge on any atom is 0.223 e. The summed E-state index contributed by atoms with van der Waals surface area (Å²) in [5.74, 6) is 2.00. The minimum Gasteiger partial charge on any atom is -0.346 e. The van der Waals surface area contributed by atoms with Gasteiger partial charge in [0, 0.05) is 24.9 Å². The zero-order chi connectivity index (χ0) is 14.8. The van der Waals surface area contributed by atoms with E-state index in [9.17, 15) is 4.79 Å². The standard InChI is InChI=1S/C15H25N5O/c1-2-13-18-14-12(7-4-8-20(14)19-13)17-15(21)10-5-3-6-11(16)9-10/h10-12H,2-9,16H2,1H3,(H,17,21). The van der Waals surface area contributed by atoms with Crippen molar-refractivity contribution in [2.45, 2.75) is 70.5 Å². The lowest BCUT2D eigenvalue weighted by atomic mass is 9.85. The van der Waals surface area contributed by atoms with Crippen LogP contribution in [0.2, 0.25) is 0 Å². The summed E-state index contributed by atoms with van der Waals surface area (Å²) < 4.78 is 1.96. The maximum absolute atomic E-state index is 12.5. The number of nitrogens with two attached hydrogens (primary N) is 1. The van der Waals surface area contributed by atoms with E-state index in [0.29, 0.717) is 0 Å². The highest BCUT2D eigenvalue weighted by Gasteiger charge is 2.30. The van der Waals surface area contributed by atoms with E-state index in [2.05, 4.69) is 22.3 Å². The number of carbonyl (C=O) groups excluding carboxylic acids is 1. The number of nitrogens with zero attached hydrogens (tertiary/aromatic N) is 3. The van der Waals surface area contributed by atoms with Crippen LogP contribution in [0.15, 0.2) is 0 Å². The number of carbonyl (C=O) groups is 1. The number of aromatic nitrogens is 3. The van der Waals surface area contributed by atoms with Crippen molar-refractivity contribution in [2.75, 3.05) is 0 Å². The van der Waals surface area contributed by atoms with Gasteiger partial charge in [-0.25, -0.2) is 9.67 Å². The summed E-state index contributed by atoms with van der Waals surface area (Å²) in [6.45, 7) is 2.96. The molecule has 1 fully saturated rings. The zero-order valence-electron chi connectivity index (χ0n) is 12.7. The Morgan fingerprint density at radius 2 is 2.24 bits per heavy atom. The van der Waals surface area contributed by atoms with Crippen LogP contribution in [0.25, 0.3) is 0 Å². The van der Waals surface area contributed by atoms with Gasteiger partial charge >= 0.3 is 0 Å². The number of fused-ring (bicyclic) bond motifs is 1. The Kier molecular flexibility index (Phi) is 4.24. The third-order valence-corrected chi connectivity index (χ3v) is 4.64. The molecule has 0 saturated heterocycles. The van der Waals surface area contributed by atoms with E-state index in [0.717, 1.165) is 63.1 Å². The monoisotopic (exact) mass is 291 g/mol. The summed E-state index contributed by atoms with van der Waals surface area (Å²) in [6.07, 6.45) is 6.69. The molecule has 3 N–H and O–H groups in total. The van der Waals surface area contributed by atoms with Crippen molar-refractivity contribution in [1.29, 1.82) is 0 Å². The van der Waals surface area contributed by atoms with Crippen LogP contribution in [0.5, 0.6) is 0 Å². The molecule has 6 nitrogen and oxygen atoms in total. The van der Waals surface area contributed by atoms with Gasteiger partial charge in [0.05, 0.1) is 6.04 Å². The second-order valence-corrected chi connectivity index (χ2v) is 6.29. The highest BCUT2D eigenvalue weighted by molar-refractivity contribution is 5.79. The van der Waals surface area contributed by atoms with Crippen molar-refractivity contribution >= 4 is 5.91 Å². The van der Waals surface area contributed by atoms with Crippen molar-refractivity contribution in [1.82, 2.24) is 20.1 Å². The normalized spacial score (nSPS) is 29.0. The molecule has 0 radical (unpaired) electrons. The number of nitrogens with one attached hydrogen (secondary N) is 1. The highest BCUT2D eigenvalue weighted by Crippen LogP contribution is 2.27. The molecule has 0 spiro atoms. The first-order chi connectivity index (χ1) is 10.2. The summed E-state index contributed by atoms with van der Waals surface area (Å²) in [6, 6.07) is 0.188. The number of aryl methyl sites for hydroxylation is 2. The molecule has 1 amide bonds. The molecule has 1 aliphatic carbocycles. The predicted octanol–water partition coefficient (Wildman–Crippen LogP) is 1.31. The average Bonchev–Trinajstić information content (AvgIpc) is 2.91. The van der Waals surface area contributed by atoms with Crippen molar-refractivity contribution in [2.24, 2.45) is 11.7 Å². The lowest BCUT2D eigenvalue weighted by molar-refractivity contribution is -0.127. The summed E-state index contributed by atoms with van der Waals surface area (Å²) >= 11 is 0. The minimum absolute atomic E-state index is 0.0113. The first-order valence-corrected chi connectivity index (χ1v) is 8.17. The highest BCUT2D eigenvalue weighted by atomic mass is 16.2. The summed E-state index contributed by atoms with van der Waals surface area (Å²) in [7, 11) is 0. The Bertz CT molecular complexity index is 512. The Hall–Kier alpha value is -1.43. The third-order valence-electron chi connectivity index (χ3n) is 4.64. The van der Waals surface area contributed by atoms with Gasteiger partial charge in [-0.05, 0) is 32.1 Å². The molecule has 3 unspecified atom stereocenters. The van der Waals surface area contributed by atoms with Gasteiger partial charge < -0.3 is 11.1 Å². The minimum atomic E-state index is 0.0113. The molecule has 1 aromatic rings. The molecular weight excluding hydrogens is 266 g/mol. The van der Waals surface area contributed by atoms with Crippen molar-refractivity contribution in [3.63, 3.8) is 0 Å². The van der Waals surface area contributed by atoms with Crippen LogP contribution >= 0.6 is 0 Å². The van der Waals surface area contributed by atoms with Crippen molar-refractivity contribution in [3.05, 3.63) is 11.6 Å². The lowest BCUT2D eigenvalue weighted by Gasteiger charge is -2.29. The number of rotatable bonds is 3. The van der Waals surface area contributed by atoms with Crippen LogP contribution in [0, 0.1) is 5.92 Å². The Balaban J connectivity index is 1.68. The van der Waals surface area contributed by atoms with Crippen LogP contribution in [-0.2, 0) is 17.8 Å². The van der Waals surface area contributed by atoms with Crippen LogP contribution in [-0.4, -0.2) is 26.7 Å². The molecule has 1 aromatic heterocycles. The fourth-order valence-electron chi connectivity index (χ4n) is 3.44. The van der Waals surface area contributed by atoms with Gasteiger partial charge in [0.25, 0.3) is 0 Å². The number of amides is 1. The topological polar surface area (TPSA) is 85.8 Å². The zero-order valence-corrected chi connectivity index (χ0v) is 12.7. The molecule has 2 aliphatic rings. The third kappa shape index (κ3) is 3.10. The van der Waals surface area contributed by atoms with E-state index >= 15 is 0 Å². The predicted molar refractivity (Wildman–Crippen MR) is 79.5 cm³/mol. The number of hydrogen-bond donors (Lipinski definition) is 2. The van der Waals surface area contributed by atoms with Crippen LogP contribution in [0.4, 0.5) is 0 Å². The van der Waals surface area contributed by atoms with E-state index in [1.54, 1.807) is 0 Å². The van der Waals surface area contributed by atoms with E-state index < -0.39 is 0 Å². The Labute approximate surface area is 125 Å². The summed E-state index contributed by atoms with van der Waals surface area (Å²) in [5.41, 5.74) is 5.99. The van der Waals surface area contributed by atoms with Crippen molar-refractivity contribution < 1.29 is 4.79 Å². The molecule has 1 aliphatic heterocycles. The van der Waals surface area contributed by atoms with Gasteiger partial charge in [0.15, 0.2) is 5.82 Å². The molecule has 21 heavy (non-hydrogen) atoms. The van der Waals surface area contributed by atoms with E-state index in [1.165, 1.54) is 0 Å².